The van der Waals surface area contributed by atoms with E-state index in [4.69, 9.17) is 9.47 Å². The fourth-order valence-corrected chi connectivity index (χ4v) is 3.87. The number of amides is 1. The summed E-state index contributed by atoms with van der Waals surface area (Å²) in [5.41, 5.74) is 2.30. The van der Waals surface area contributed by atoms with Crippen LogP contribution in [0.25, 0.3) is 0 Å². The summed E-state index contributed by atoms with van der Waals surface area (Å²) in [6.07, 6.45) is 0.984. The molecule has 3 aromatic rings. The molecular weight excluding hydrogens is 440 g/mol. The van der Waals surface area contributed by atoms with Gasteiger partial charge in [0.1, 0.15) is 12.4 Å². The molecule has 174 valence electrons. The van der Waals surface area contributed by atoms with Crippen LogP contribution in [0.2, 0.25) is 0 Å². The van der Waals surface area contributed by atoms with Crippen LogP contribution in [0.1, 0.15) is 42.5 Å². The summed E-state index contributed by atoms with van der Waals surface area (Å²) in [5.74, 6) is 1.10. The highest BCUT2D eigenvalue weighted by atomic mass is 32.2. The van der Waals surface area contributed by atoms with Gasteiger partial charge in [0.25, 0.3) is 0 Å². The highest BCUT2D eigenvalue weighted by molar-refractivity contribution is 7.99. The van der Waals surface area contributed by atoms with Gasteiger partial charge in [-0.2, -0.15) is 0 Å². The molecule has 0 fully saturated rings. The Morgan fingerprint density at radius 1 is 1.00 bits per heavy atom. The molecule has 0 aliphatic rings. The van der Waals surface area contributed by atoms with Crippen molar-refractivity contribution in [2.45, 2.75) is 45.5 Å². The molecule has 0 atom stereocenters. The number of esters is 1. The molecule has 2 aromatic carbocycles. The van der Waals surface area contributed by atoms with E-state index >= 15 is 0 Å². The number of carbonyl (C=O) groups excluding carboxylic acids is 2. The molecule has 0 spiro atoms. The van der Waals surface area contributed by atoms with Crippen LogP contribution in [0.4, 0.5) is 5.69 Å². The molecule has 0 unspecified atom stereocenters. The quantitative estimate of drug-likeness (QED) is 0.330. The first-order valence-corrected chi connectivity index (χ1v) is 11.9. The molecule has 3 rings (SSSR count). The lowest BCUT2D eigenvalue weighted by atomic mass is 10.2. The number of carbonyl (C=O) groups is 2. The van der Waals surface area contributed by atoms with Gasteiger partial charge in [-0.1, -0.05) is 30.8 Å². The number of nitrogens with zero attached hydrogens (tertiary/aromatic N) is 3. The summed E-state index contributed by atoms with van der Waals surface area (Å²) in [6, 6.07) is 14.6. The average Bonchev–Trinajstić information content (AvgIpc) is 3.24. The van der Waals surface area contributed by atoms with Gasteiger partial charge in [0.15, 0.2) is 11.0 Å². The Kier molecular flexibility index (Phi) is 8.88. The maximum absolute atomic E-state index is 12.4. The molecule has 8 nitrogen and oxygen atoms in total. The molecule has 0 bridgehead atoms. The summed E-state index contributed by atoms with van der Waals surface area (Å²) >= 11 is 1.31. The molecule has 33 heavy (non-hydrogen) atoms. The highest BCUT2D eigenvalue weighted by Crippen LogP contribution is 2.20. The second kappa shape index (κ2) is 12.1. The highest BCUT2D eigenvalue weighted by Gasteiger charge is 2.14. The number of anilines is 1. The van der Waals surface area contributed by atoms with E-state index in [1.54, 1.807) is 31.2 Å². The van der Waals surface area contributed by atoms with Crippen LogP contribution in [-0.2, 0) is 29.1 Å². The van der Waals surface area contributed by atoms with Crippen LogP contribution in [0.3, 0.4) is 0 Å². The third-order valence-corrected chi connectivity index (χ3v) is 5.79. The fraction of sp³-hybridized carbons (Fsp3) is 0.333. The zero-order chi connectivity index (χ0) is 23.6. The number of aryl methyl sites for hydroxylation is 1. The zero-order valence-electron chi connectivity index (χ0n) is 19.0. The minimum atomic E-state index is -0.386. The van der Waals surface area contributed by atoms with E-state index in [1.807, 2.05) is 35.8 Å². The molecule has 0 radical (unpaired) electrons. The van der Waals surface area contributed by atoms with Crippen LogP contribution >= 0.6 is 11.8 Å². The minimum Gasteiger partial charge on any atom is -0.486 e. The normalized spacial score (nSPS) is 10.6. The third-order valence-electron chi connectivity index (χ3n) is 4.82. The van der Waals surface area contributed by atoms with E-state index in [1.165, 1.54) is 17.3 Å². The van der Waals surface area contributed by atoms with Gasteiger partial charge in [-0.3, -0.25) is 4.79 Å². The lowest BCUT2D eigenvalue weighted by Crippen LogP contribution is -2.15. The Labute approximate surface area is 197 Å². The number of ether oxygens (including phenoxy) is 2. The number of aromatic nitrogens is 3. The Balaban J connectivity index is 1.52. The van der Waals surface area contributed by atoms with E-state index in [2.05, 4.69) is 22.4 Å². The minimum absolute atomic E-state index is 0.177. The molecular formula is C24H28N4O4S. The third kappa shape index (κ3) is 6.82. The summed E-state index contributed by atoms with van der Waals surface area (Å²) in [5, 5.41) is 11.9. The van der Waals surface area contributed by atoms with E-state index < -0.39 is 0 Å². The Hall–Kier alpha value is -3.33. The van der Waals surface area contributed by atoms with E-state index in [0.717, 1.165) is 12.2 Å². The predicted octanol–water partition coefficient (Wildman–Crippen LogP) is 4.35. The van der Waals surface area contributed by atoms with Crippen molar-refractivity contribution in [1.29, 1.82) is 0 Å². The number of hydrogen-bond donors (Lipinski definition) is 1. The van der Waals surface area contributed by atoms with Crippen molar-refractivity contribution in [3.05, 3.63) is 65.5 Å². The van der Waals surface area contributed by atoms with Crippen LogP contribution in [0, 0.1) is 0 Å². The maximum Gasteiger partial charge on any atom is 0.338 e. The van der Waals surface area contributed by atoms with Crippen molar-refractivity contribution in [2.75, 3.05) is 17.7 Å². The Bertz CT molecular complexity index is 1070. The molecule has 0 aliphatic heterocycles. The number of thioether (sulfide) groups is 1. The van der Waals surface area contributed by atoms with Gasteiger partial charge in [0.05, 0.1) is 17.9 Å². The molecule has 0 saturated heterocycles. The standard InChI is InChI=1S/C24H28N4O4S/c1-4-17-7-13-20(14-8-17)32-15-21-26-27-24(28(21)5-2)33-16-22(29)25-19-11-9-18(10-12-19)23(30)31-6-3/h7-14H,4-6,15-16H2,1-3H3,(H,25,29). The van der Waals surface area contributed by atoms with Crippen LogP contribution in [0.15, 0.2) is 53.7 Å². The van der Waals surface area contributed by atoms with E-state index in [-0.39, 0.29) is 17.6 Å². The van der Waals surface area contributed by atoms with Gasteiger partial charge in [-0.25, -0.2) is 4.79 Å². The maximum atomic E-state index is 12.4. The predicted molar refractivity (Wildman–Crippen MR) is 128 cm³/mol. The van der Waals surface area contributed by atoms with Crippen LogP contribution in [-0.4, -0.2) is 39.0 Å². The monoisotopic (exact) mass is 468 g/mol. The second-order valence-corrected chi connectivity index (χ2v) is 8.01. The second-order valence-electron chi connectivity index (χ2n) is 7.06. The largest absolute Gasteiger partial charge is 0.486 e. The summed E-state index contributed by atoms with van der Waals surface area (Å²) in [6.45, 7) is 7.14. The fourth-order valence-electron chi connectivity index (χ4n) is 3.05. The summed E-state index contributed by atoms with van der Waals surface area (Å²) in [7, 11) is 0. The summed E-state index contributed by atoms with van der Waals surface area (Å²) in [4.78, 5) is 24.1. The van der Waals surface area contributed by atoms with Gasteiger partial charge < -0.3 is 19.4 Å². The molecule has 0 saturated carbocycles. The molecule has 1 amide bonds. The first kappa shape index (κ1) is 24.3. The molecule has 1 N–H and O–H groups in total. The van der Waals surface area contributed by atoms with Crippen molar-refractivity contribution in [2.24, 2.45) is 0 Å². The SMILES string of the molecule is CCOC(=O)c1ccc(NC(=O)CSc2nnc(COc3ccc(CC)cc3)n2CC)cc1. The lowest BCUT2D eigenvalue weighted by Gasteiger charge is -2.09. The van der Waals surface area contributed by atoms with Gasteiger partial charge in [-0.15, -0.1) is 10.2 Å². The van der Waals surface area contributed by atoms with Crippen molar-refractivity contribution < 1.29 is 19.1 Å². The molecule has 9 heteroatoms. The van der Waals surface area contributed by atoms with Crippen molar-refractivity contribution >= 4 is 29.3 Å². The topological polar surface area (TPSA) is 95.3 Å². The average molecular weight is 469 g/mol. The Morgan fingerprint density at radius 3 is 2.36 bits per heavy atom. The van der Waals surface area contributed by atoms with E-state index in [9.17, 15) is 9.59 Å². The Morgan fingerprint density at radius 2 is 1.73 bits per heavy atom. The molecule has 1 heterocycles. The molecule has 1 aromatic heterocycles. The van der Waals surface area contributed by atoms with Crippen LogP contribution in [0.5, 0.6) is 5.75 Å². The first-order valence-electron chi connectivity index (χ1n) is 10.9. The lowest BCUT2D eigenvalue weighted by molar-refractivity contribution is -0.113. The van der Waals surface area contributed by atoms with Crippen molar-refractivity contribution in [3.8, 4) is 5.75 Å². The van der Waals surface area contributed by atoms with E-state index in [0.29, 0.717) is 42.0 Å². The number of rotatable bonds is 11. The smallest absolute Gasteiger partial charge is 0.338 e. The van der Waals surface area contributed by atoms with Crippen molar-refractivity contribution in [3.63, 3.8) is 0 Å². The number of nitrogens with one attached hydrogen (secondary N) is 1. The molecule has 0 aliphatic carbocycles. The van der Waals surface area contributed by atoms with Gasteiger partial charge in [0, 0.05) is 12.2 Å². The number of hydrogen-bond acceptors (Lipinski definition) is 7. The summed E-state index contributed by atoms with van der Waals surface area (Å²) < 4.78 is 12.7. The van der Waals surface area contributed by atoms with Crippen LogP contribution < -0.4 is 10.1 Å². The number of benzene rings is 2. The van der Waals surface area contributed by atoms with Gasteiger partial charge in [-0.05, 0) is 62.2 Å². The first-order chi connectivity index (χ1) is 16.0. The zero-order valence-corrected chi connectivity index (χ0v) is 19.9. The van der Waals surface area contributed by atoms with Gasteiger partial charge >= 0.3 is 5.97 Å². The van der Waals surface area contributed by atoms with Crippen molar-refractivity contribution in [1.82, 2.24) is 14.8 Å². The van der Waals surface area contributed by atoms with Gasteiger partial charge in [0.2, 0.25) is 5.91 Å².